The summed E-state index contributed by atoms with van der Waals surface area (Å²) in [5.74, 6) is -0.241. The summed E-state index contributed by atoms with van der Waals surface area (Å²) in [5, 5.41) is 5.05. The van der Waals surface area contributed by atoms with E-state index in [-0.39, 0.29) is 12.5 Å². The number of carbonyl (C=O) groups is 2. The maximum Gasteiger partial charge on any atom is 0.279 e. The summed E-state index contributed by atoms with van der Waals surface area (Å²) < 4.78 is 5.41. The molecule has 2 aromatic carbocycles. The predicted molar refractivity (Wildman–Crippen MR) is 102 cm³/mol. The highest BCUT2D eigenvalue weighted by molar-refractivity contribution is 7.12. The number of anilines is 2. The van der Waals surface area contributed by atoms with Crippen LogP contribution in [0.3, 0.4) is 0 Å². The van der Waals surface area contributed by atoms with Crippen LogP contribution in [-0.2, 0) is 4.79 Å². The summed E-state index contributed by atoms with van der Waals surface area (Å²) in [7, 11) is 0. The molecule has 0 saturated heterocycles. The third kappa shape index (κ3) is 5.09. The normalized spacial score (nSPS) is 10.0. The minimum Gasteiger partial charge on any atom is -0.484 e. The fourth-order valence-electron chi connectivity index (χ4n) is 2.10. The van der Waals surface area contributed by atoms with Crippen LogP contribution in [0.2, 0.25) is 0 Å². The molecule has 0 radical (unpaired) electrons. The van der Waals surface area contributed by atoms with Gasteiger partial charge in [0.25, 0.3) is 11.8 Å². The van der Waals surface area contributed by atoms with Gasteiger partial charge in [-0.2, -0.15) is 0 Å². The standard InChI is InChI=1S/C19H17N3O3S/c23-18(21-22-19(24)17-7-4-12-26-17)13-25-16-10-8-15(9-11-16)20-14-5-2-1-3-6-14/h1-12,20H,13H2,(H,21,23)(H,22,24). The van der Waals surface area contributed by atoms with Gasteiger partial charge in [0.15, 0.2) is 6.61 Å². The summed E-state index contributed by atoms with van der Waals surface area (Å²) >= 11 is 1.29. The number of thiophene rings is 1. The van der Waals surface area contributed by atoms with Gasteiger partial charge >= 0.3 is 0 Å². The Morgan fingerprint density at radius 3 is 2.27 bits per heavy atom. The van der Waals surface area contributed by atoms with E-state index in [9.17, 15) is 9.59 Å². The molecule has 1 aromatic heterocycles. The van der Waals surface area contributed by atoms with Gasteiger partial charge < -0.3 is 10.1 Å². The lowest BCUT2D eigenvalue weighted by molar-refractivity contribution is -0.123. The number of nitrogens with one attached hydrogen (secondary N) is 3. The van der Waals surface area contributed by atoms with Crippen LogP contribution in [-0.4, -0.2) is 18.4 Å². The highest BCUT2D eigenvalue weighted by Crippen LogP contribution is 2.19. The first-order valence-corrected chi connectivity index (χ1v) is 8.76. The molecule has 6 nitrogen and oxygen atoms in total. The molecule has 0 aliphatic heterocycles. The summed E-state index contributed by atoms with van der Waals surface area (Å²) in [5.41, 5.74) is 6.56. The van der Waals surface area contributed by atoms with E-state index >= 15 is 0 Å². The quantitative estimate of drug-likeness (QED) is 0.584. The van der Waals surface area contributed by atoms with Gasteiger partial charge in [-0.1, -0.05) is 24.3 Å². The smallest absolute Gasteiger partial charge is 0.279 e. The van der Waals surface area contributed by atoms with Crippen molar-refractivity contribution in [2.75, 3.05) is 11.9 Å². The molecular formula is C19H17N3O3S. The number of hydrogen-bond acceptors (Lipinski definition) is 5. The average Bonchev–Trinajstić information content (AvgIpc) is 3.21. The van der Waals surface area contributed by atoms with E-state index in [2.05, 4.69) is 16.2 Å². The number of benzene rings is 2. The summed E-state index contributed by atoms with van der Waals surface area (Å²) in [4.78, 5) is 24.0. The monoisotopic (exact) mass is 367 g/mol. The zero-order valence-corrected chi connectivity index (χ0v) is 14.6. The van der Waals surface area contributed by atoms with E-state index in [1.165, 1.54) is 11.3 Å². The minimum absolute atomic E-state index is 0.198. The van der Waals surface area contributed by atoms with Gasteiger partial charge in [0.05, 0.1) is 4.88 Å². The lowest BCUT2D eigenvalue weighted by Gasteiger charge is -2.10. The van der Waals surface area contributed by atoms with Crippen molar-refractivity contribution in [1.29, 1.82) is 0 Å². The highest BCUT2D eigenvalue weighted by atomic mass is 32.1. The average molecular weight is 367 g/mol. The minimum atomic E-state index is -0.443. The Morgan fingerprint density at radius 1 is 0.846 bits per heavy atom. The molecule has 2 amide bonds. The number of hydrazine groups is 1. The molecule has 132 valence electrons. The number of hydrogen-bond donors (Lipinski definition) is 3. The van der Waals surface area contributed by atoms with E-state index in [0.717, 1.165) is 11.4 Å². The maximum atomic E-state index is 11.7. The van der Waals surface area contributed by atoms with Crippen molar-refractivity contribution >= 4 is 34.5 Å². The molecule has 3 N–H and O–H groups in total. The van der Waals surface area contributed by atoms with Crippen LogP contribution in [0.5, 0.6) is 5.75 Å². The van der Waals surface area contributed by atoms with Gasteiger partial charge in [0.2, 0.25) is 0 Å². The second-order valence-corrected chi connectivity index (χ2v) is 6.23. The Morgan fingerprint density at radius 2 is 1.58 bits per heavy atom. The van der Waals surface area contributed by atoms with E-state index in [1.54, 1.807) is 29.6 Å². The van der Waals surface area contributed by atoms with Crippen LogP contribution in [0.15, 0.2) is 72.1 Å². The van der Waals surface area contributed by atoms with Crippen molar-refractivity contribution in [1.82, 2.24) is 10.9 Å². The van der Waals surface area contributed by atoms with Crippen LogP contribution in [0.4, 0.5) is 11.4 Å². The third-order valence-corrected chi connectivity index (χ3v) is 4.22. The zero-order chi connectivity index (χ0) is 18.2. The van der Waals surface area contributed by atoms with Gasteiger partial charge in [-0.05, 0) is 47.8 Å². The van der Waals surface area contributed by atoms with Crippen LogP contribution < -0.4 is 20.9 Å². The lowest BCUT2D eigenvalue weighted by Crippen LogP contribution is -2.43. The molecule has 0 fully saturated rings. The van der Waals surface area contributed by atoms with E-state index in [4.69, 9.17) is 4.74 Å². The molecule has 1 heterocycles. The zero-order valence-electron chi connectivity index (χ0n) is 13.8. The molecular weight excluding hydrogens is 350 g/mol. The number of ether oxygens (including phenoxy) is 1. The van der Waals surface area contributed by atoms with Gasteiger partial charge in [-0.15, -0.1) is 11.3 Å². The molecule has 3 aromatic rings. The van der Waals surface area contributed by atoms with Crippen molar-refractivity contribution in [2.45, 2.75) is 0 Å². The van der Waals surface area contributed by atoms with E-state index in [1.807, 2.05) is 42.5 Å². The van der Waals surface area contributed by atoms with Crippen LogP contribution >= 0.6 is 11.3 Å². The van der Waals surface area contributed by atoms with Crippen molar-refractivity contribution in [3.8, 4) is 5.75 Å². The summed E-state index contributed by atoms with van der Waals surface area (Å²) in [6.45, 7) is -0.198. The Balaban J connectivity index is 1.42. The first-order chi connectivity index (χ1) is 12.7. The molecule has 0 spiro atoms. The van der Waals surface area contributed by atoms with Crippen molar-refractivity contribution < 1.29 is 14.3 Å². The molecule has 0 aliphatic carbocycles. The molecule has 0 saturated carbocycles. The molecule has 26 heavy (non-hydrogen) atoms. The maximum absolute atomic E-state index is 11.7. The topological polar surface area (TPSA) is 79.5 Å². The van der Waals surface area contributed by atoms with Crippen molar-refractivity contribution in [3.05, 3.63) is 77.0 Å². The Labute approximate surface area is 154 Å². The fraction of sp³-hybridized carbons (Fsp3) is 0.0526. The SMILES string of the molecule is O=C(COc1ccc(Nc2ccccc2)cc1)NNC(=O)c1cccs1. The second kappa shape index (κ2) is 8.68. The molecule has 3 rings (SSSR count). The number of amides is 2. The summed E-state index contributed by atoms with van der Waals surface area (Å²) in [6, 6.07) is 20.5. The molecule has 0 bridgehead atoms. The lowest BCUT2D eigenvalue weighted by atomic mass is 10.2. The highest BCUT2D eigenvalue weighted by Gasteiger charge is 2.08. The number of carbonyl (C=O) groups excluding carboxylic acids is 2. The van der Waals surface area contributed by atoms with Gasteiger partial charge in [-0.3, -0.25) is 20.4 Å². The Bertz CT molecular complexity index is 850. The first kappa shape index (κ1) is 17.5. The molecule has 0 unspecified atom stereocenters. The fourth-order valence-corrected chi connectivity index (χ4v) is 2.72. The van der Waals surface area contributed by atoms with Crippen LogP contribution in [0.25, 0.3) is 0 Å². The Kier molecular flexibility index (Phi) is 5.84. The predicted octanol–water partition coefficient (Wildman–Crippen LogP) is 3.33. The number of rotatable bonds is 6. The van der Waals surface area contributed by atoms with Gasteiger partial charge in [0.1, 0.15) is 5.75 Å². The van der Waals surface area contributed by atoms with Gasteiger partial charge in [0, 0.05) is 11.4 Å². The Hall–Kier alpha value is -3.32. The molecule has 0 aliphatic rings. The summed E-state index contributed by atoms with van der Waals surface area (Å²) in [6.07, 6.45) is 0. The second-order valence-electron chi connectivity index (χ2n) is 5.28. The van der Waals surface area contributed by atoms with Crippen molar-refractivity contribution in [3.63, 3.8) is 0 Å². The molecule has 7 heteroatoms. The first-order valence-electron chi connectivity index (χ1n) is 7.88. The van der Waals surface area contributed by atoms with Gasteiger partial charge in [-0.25, -0.2) is 0 Å². The third-order valence-electron chi connectivity index (χ3n) is 3.35. The molecule has 0 atom stereocenters. The van der Waals surface area contributed by atoms with E-state index in [0.29, 0.717) is 10.6 Å². The largest absolute Gasteiger partial charge is 0.484 e. The number of para-hydroxylation sites is 1. The van der Waals surface area contributed by atoms with Crippen LogP contribution in [0.1, 0.15) is 9.67 Å². The van der Waals surface area contributed by atoms with E-state index < -0.39 is 5.91 Å². The van der Waals surface area contributed by atoms with Crippen molar-refractivity contribution in [2.24, 2.45) is 0 Å². The van der Waals surface area contributed by atoms with Crippen LogP contribution in [0, 0.1) is 0 Å².